The van der Waals surface area contributed by atoms with Crippen molar-refractivity contribution in [3.8, 4) is 5.75 Å². The Bertz CT molecular complexity index is 1510. The molecular weight excluding hydrogens is 636 g/mol. The number of anilines is 1. The second-order valence-corrected chi connectivity index (χ2v) is 19.9. The molecule has 3 heterocycles. The van der Waals surface area contributed by atoms with Gasteiger partial charge in [0.05, 0.1) is 28.7 Å². The first-order valence-electron chi connectivity index (χ1n) is 15.5. The number of halogens is 1. The van der Waals surface area contributed by atoms with Crippen LogP contribution in [0.5, 0.6) is 5.75 Å². The summed E-state index contributed by atoms with van der Waals surface area (Å²) in [4.78, 5) is 19.2. The molecule has 0 spiro atoms. The Morgan fingerprint density at radius 3 is 2.45 bits per heavy atom. The minimum atomic E-state index is -1.97. The largest absolute Gasteiger partial charge is 0.543 e. The minimum absolute atomic E-state index is 0.110. The van der Waals surface area contributed by atoms with Crippen LogP contribution in [0.2, 0.25) is 18.1 Å². The zero-order chi connectivity index (χ0) is 32.4. The summed E-state index contributed by atoms with van der Waals surface area (Å²) < 4.78 is 14.9. The van der Waals surface area contributed by atoms with Crippen LogP contribution in [0, 0.1) is 5.92 Å². The first-order valence-corrected chi connectivity index (χ1v) is 19.2. The van der Waals surface area contributed by atoms with Crippen molar-refractivity contribution < 1.29 is 14.0 Å². The number of aliphatic imine (C=N–C) groups is 1. The standard InChI is InChI=1S/C33H49BrN6O3Si/c1-10-23-17-25(43-44(8,9)33(5,6)7)11-12-27(23)38-30(35)26-20-37-40-21-24(34)18-28(40)29(26)36-19-22-13-15-39(16-14-22)31(41)42-32(2,3)4/h11-12,17-18,20-22,36H,10,13-16,19H2,1-9H3,(H2,35,38). The Morgan fingerprint density at radius 2 is 1.84 bits per heavy atom. The molecule has 4 rings (SSSR count). The maximum absolute atomic E-state index is 12.5. The molecule has 1 aliphatic heterocycles. The Balaban J connectivity index is 1.55. The highest BCUT2D eigenvalue weighted by atomic mass is 79.9. The second kappa shape index (κ2) is 13.1. The minimum Gasteiger partial charge on any atom is -0.543 e. The molecule has 1 amide bonds. The van der Waals surface area contributed by atoms with Gasteiger partial charge in [-0.1, -0.05) is 27.7 Å². The van der Waals surface area contributed by atoms with Crippen molar-refractivity contribution in [2.75, 3.05) is 25.0 Å². The van der Waals surface area contributed by atoms with Gasteiger partial charge >= 0.3 is 6.09 Å². The summed E-state index contributed by atoms with van der Waals surface area (Å²) >= 11 is 3.59. The van der Waals surface area contributed by atoms with Crippen LogP contribution in [-0.4, -0.2) is 60.0 Å². The number of carbonyl (C=O) groups is 1. The molecule has 1 saturated heterocycles. The van der Waals surface area contributed by atoms with Crippen LogP contribution in [0.4, 0.5) is 16.2 Å². The number of hydrogen-bond acceptors (Lipinski definition) is 6. The molecule has 1 fully saturated rings. The summed E-state index contributed by atoms with van der Waals surface area (Å²) in [7, 11) is -1.97. The van der Waals surface area contributed by atoms with Gasteiger partial charge in [-0.2, -0.15) is 5.10 Å². The Labute approximate surface area is 271 Å². The van der Waals surface area contributed by atoms with Gasteiger partial charge in [-0.05, 0) is 110 Å². The van der Waals surface area contributed by atoms with Gasteiger partial charge in [-0.15, -0.1) is 0 Å². The molecule has 0 unspecified atom stereocenters. The maximum Gasteiger partial charge on any atom is 0.410 e. The molecule has 0 aliphatic carbocycles. The van der Waals surface area contributed by atoms with Crippen LogP contribution in [0.3, 0.4) is 0 Å². The van der Waals surface area contributed by atoms with Crippen molar-refractivity contribution in [2.45, 2.75) is 91.5 Å². The lowest BCUT2D eigenvalue weighted by molar-refractivity contribution is 0.0188. The molecule has 0 radical (unpaired) electrons. The number of fused-ring (bicyclic) bond motifs is 1. The number of amidine groups is 1. The predicted molar refractivity (Wildman–Crippen MR) is 186 cm³/mol. The van der Waals surface area contributed by atoms with Gasteiger partial charge < -0.3 is 25.1 Å². The van der Waals surface area contributed by atoms with Crippen LogP contribution >= 0.6 is 15.9 Å². The molecule has 0 saturated carbocycles. The molecule has 1 aliphatic rings. The van der Waals surface area contributed by atoms with Crippen molar-refractivity contribution in [1.29, 1.82) is 0 Å². The molecule has 2 aromatic heterocycles. The molecule has 0 atom stereocenters. The molecule has 1 aromatic carbocycles. The van der Waals surface area contributed by atoms with Gasteiger partial charge in [0, 0.05) is 30.3 Å². The van der Waals surface area contributed by atoms with E-state index in [1.807, 2.05) is 49.7 Å². The fourth-order valence-corrected chi connectivity index (χ4v) is 6.39. The van der Waals surface area contributed by atoms with Crippen LogP contribution in [-0.2, 0) is 11.2 Å². The predicted octanol–water partition coefficient (Wildman–Crippen LogP) is 8.14. The van der Waals surface area contributed by atoms with Crippen molar-refractivity contribution in [3.05, 3.63) is 52.3 Å². The highest BCUT2D eigenvalue weighted by Crippen LogP contribution is 2.38. The van der Waals surface area contributed by atoms with E-state index in [9.17, 15) is 4.79 Å². The van der Waals surface area contributed by atoms with Gasteiger partial charge in [0.2, 0.25) is 8.32 Å². The van der Waals surface area contributed by atoms with E-state index in [2.05, 4.69) is 73.2 Å². The molecule has 11 heteroatoms. The molecular formula is C33H49BrN6O3Si. The van der Waals surface area contributed by atoms with Crippen molar-refractivity contribution in [2.24, 2.45) is 16.6 Å². The zero-order valence-electron chi connectivity index (χ0n) is 27.8. The van der Waals surface area contributed by atoms with Crippen LogP contribution in [0.1, 0.15) is 72.4 Å². The number of rotatable bonds is 8. The van der Waals surface area contributed by atoms with Crippen LogP contribution < -0.4 is 15.5 Å². The monoisotopic (exact) mass is 684 g/mol. The number of carbonyl (C=O) groups excluding carboxylic acids is 1. The molecule has 9 nitrogen and oxygen atoms in total. The highest BCUT2D eigenvalue weighted by Gasteiger charge is 2.39. The lowest BCUT2D eigenvalue weighted by Gasteiger charge is -2.36. The topological polar surface area (TPSA) is 106 Å². The Kier molecular flexibility index (Phi) is 10.1. The SMILES string of the molecule is CCc1cc(O[Si](C)(C)C(C)(C)C)ccc1N=C(N)c1cnn2cc(Br)cc2c1NCC1CCN(C(=O)OC(C)(C)C)CC1. The van der Waals surface area contributed by atoms with E-state index < -0.39 is 13.9 Å². The van der Waals surface area contributed by atoms with Crippen molar-refractivity contribution in [1.82, 2.24) is 14.5 Å². The van der Waals surface area contributed by atoms with E-state index in [1.54, 1.807) is 11.1 Å². The van der Waals surface area contributed by atoms with Crippen molar-refractivity contribution >= 4 is 53.1 Å². The first kappa shape index (κ1) is 33.8. The van der Waals surface area contributed by atoms with E-state index in [0.717, 1.165) is 64.0 Å². The molecule has 3 aromatic rings. The molecule has 240 valence electrons. The number of likely N-dealkylation sites (tertiary alicyclic amines) is 1. The molecule has 44 heavy (non-hydrogen) atoms. The number of nitrogens with zero attached hydrogens (tertiary/aromatic N) is 4. The third-order valence-electron chi connectivity index (χ3n) is 8.57. The quantitative estimate of drug-likeness (QED) is 0.141. The van der Waals surface area contributed by atoms with Gasteiger partial charge in [-0.3, -0.25) is 0 Å². The zero-order valence-corrected chi connectivity index (χ0v) is 30.3. The number of benzene rings is 1. The van der Waals surface area contributed by atoms with Gasteiger partial charge in [-0.25, -0.2) is 14.3 Å². The normalized spacial score (nSPS) is 15.5. The summed E-state index contributed by atoms with van der Waals surface area (Å²) in [5, 5.41) is 8.39. The summed E-state index contributed by atoms with van der Waals surface area (Å²) in [5.41, 5.74) is 10.7. The van der Waals surface area contributed by atoms with Gasteiger partial charge in [0.15, 0.2) is 0 Å². The van der Waals surface area contributed by atoms with E-state index >= 15 is 0 Å². The number of nitrogens with two attached hydrogens (primary N) is 1. The Hall–Kier alpha value is -3.05. The molecule has 0 bridgehead atoms. The van der Waals surface area contributed by atoms with Gasteiger partial charge in [0.1, 0.15) is 17.2 Å². The summed E-state index contributed by atoms with van der Waals surface area (Å²) in [6, 6.07) is 8.13. The lowest BCUT2D eigenvalue weighted by Crippen LogP contribution is -2.43. The number of hydrogen-bond donors (Lipinski definition) is 2. The summed E-state index contributed by atoms with van der Waals surface area (Å²) in [5.74, 6) is 1.67. The number of aryl methyl sites for hydroxylation is 1. The highest BCUT2D eigenvalue weighted by molar-refractivity contribution is 9.10. The third kappa shape index (κ3) is 8.15. The fraction of sp³-hybridized carbons (Fsp3) is 0.545. The van der Waals surface area contributed by atoms with Crippen LogP contribution in [0.15, 0.2) is 46.1 Å². The average molecular weight is 686 g/mol. The number of amides is 1. The van der Waals surface area contributed by atoms with E-state index in [-0.39, 0.29) is 11.1 Å². The smallest absolute Gasteiger partial charge is 0.410 e. The summed E-state index contributed by atoms with van der Waals surface area (Å²) in [6.07, 6.45) is 6.03. The number of ether oxygens (including phenoxy) is 1. The third-order valence-corrected chi connectivity index (χ3v) is 13.4. The second-order valence-electron chi connectivity index (χ2n) is 14.2. The van der Waals surface area contributed by atoms with E-state index in [4.69, 9.17) is 19.9 Å². The number of piperidine rings is 1. The lowest BCUT2D eigenvalue weighted by atomic mass is 9.97. The van der Waals surface area contributed by atoms with Crippen molar-refractivity contribution in [3.63, 3.8) is 0 Å². The average Bonchev–Trinajstić information content (AvgIpc) is 3.31. The first-order chi connectivity index (χ1) is 20.5. The summed E-state index contributed by atoms with van der Waals surface area (Å²) in [6.45, 7) is 21.1. The number of nitrogens with one attached hydrogen (secondary N) is 1. The van der Waals surface area contributed by atoms with E-state index in [0.29, 0.717) is 24.8 Å². The number of aromatic nitrogens is 2. The fourth-order valence-electron chi connectivity index (χ4n) is 4.95. The molecule has 3 N–H and O–H groups in total. The van der Waals surface area contributed by atoms with E-state index in [1.165, 1.54) is 0 Å². The maximum atomic E-state index is 12.5. The Morgan fingerprint density at radius 1 is 1.16 bits per heavy atom. The van der Waals surface area contributed by atoms with Gasteiger partial charge in [0.25, 0.3) is 0 Å². The van der Waals surface area contributed by atoms with Crippen LogP contribution in [0.25, 0.3) is 5.52 Å².